The van der Waals surface area contributed by atoms with Gasteiger partial charge in [0.15, 0.2) is 0 Å². The van der Waals surface area contributed by atoms with Gasteiger partial charge in [-0.15, -0.1) is 11.3 Å². The molecular weight excluding hydrogens is 422 g/mol. The Morgan fingerprint density at radius 3 is 2.42 bits per heavy atom. The third-order valence-electron chi connectivity index (χ3n) is 5.07. The number of aromatic nitrogens is 1. The zero-order chi connectivity index (χ0) is 22.3. The molecule has 1 aliphatic heterocycles. The van der Waals surface area contributed by atoms with E-state index in [1.54, 1.807) is 12.1 Å². The van der Waals surface area contributed by atoms with Crippen LogP contribution < -0.4 is 20.5 Å². The lowest BCUT2D eigenvalue weighted by Crippen LogP contribution is -2.48. The number of nitriles is 1. The summed E-state index contributed by atoms with van der Waals surface area (Å²) in [5.41, 5.74) is 4.96. The minimum absolute atomic E-state index is 0.0272. The van der Waals surface area contributed by atoms with E-state index in [4.69, 9.17) is 11.1 Å². The van der Waals surface area contributed by atoms with Crippen molar-refractivity contribution in [2.45, 2.75) is 5.92 Å². The lowest BCUT2D eigenvalue weighted by atomic mass is 9.78. The molecule has 2 atom stereocenters. The number of hydrogen-bond donors (Lipinski definition) is 2. The number of rotatable bonds is 3. The number of fused-ring (bicyclic) bond motifs is 1. The Kier molecular flexibility index (Phi) is 5.09. The molecule has 0 fully saturated rings. The molecule has 0 saturated heterocycles. The van der Waals surface area contributed by atoms with Crippen LogP contribution >= 0.6 is 11.3 Å². The maximum absolute atomic E-state index is 14.6. The van der Waals surface area contributed by atoms with Crippen LogP contribution in [0.1, 0.15) is 17.0 Å². The summed E-state index contributed by atoms with van der Waals surface area (Å²) in [6.07, 6.45) is 1.30. The minimum Gasteiger partial charge on any atom is -0.366 e. The molecule has 2 aromatic carbocycles. The molecule has 2 unspecified atom stereocenters. The first-order chi connectivity index (χ1) is 14.8. The summed E-state index contributed by atoms with van der Waals surface area (Å²) < 4.78 is 29.7. The molecule has 0 radical (unpaired) electrons. The highest BCUT2D eigenvalue weighted by atomic mass is 32.1. The van der Waals surface area contributed by atoms with Gasteiger partial charge in [-0.25, -0.2) is 8.78 Å². The molecule has 31 heavy (non-hydrogen) atoms. The molecule has 1 amide bonds. The van der Waals surface area contributed by atoms with Gasteiger partial charge in [0.05, 0.1) is 16.2 Å². The third kappa shape index (κ3) is 3.27. The molecule has 0 saturated carbocycles. The smallest absolute Gasteiger partial charge is 0.274 e. The predicted octanol–water partition coefficient (Wildman–Crippen LogP) is 1.42. The first-order valence-corrected chi connectivity index (χ1v) is 9.91. The van der Waals surface area contributed by atoms with Gasteiger partial charge < -0.3 is 5.73 Å². The minimum atomic E-state index is -1.32. The van der Waals surface area contributed by atoms with Gasteiger partial charge in [0.25, 0.3) is 5.56 Å². The zero-order valence-electron chi connectivity index (χ0n) is 15.8. The number of carbonyl (C=O) groups excluding carboxylic acids is 1. The van der Waals surface area contributed by atoms with Crippen LogP contribution in [0.15, 0.2) is 53.3 Å². The van der Waals surface area contributed by atoms with E-state index in [-0.39, 0.29) is 25.9 Å². The quantitative estimate of drug-likeness (QED) is 0.647. The lowest BCUT2D eigenvalue weighted by Gasteiger charge is -2.28. The van der Waals surface area contributed by atoms with Gasteiger partial charge in [-0.3, -0.25) is 19.6 Å². The number of amides is 1. The Labute approximate surface area is 178 Å². The van der Waals surface area contributed by atoms with Crippen molar-refractivity contribution < 1.29 is 13.6 Å². The summed E-state index contributed by atoms with van der Waals surface area (Å²) in [4.78, 5) is 25.4. The average molecular weight is 436 g/mol. The van der Waals surface area contributed by atoms with Gasteiger partial charge in [-0.2, -0.15) is 5.26 Å². The molecule has 2 heterocycles. The van der Waals surface area contributed by atoms with Crippen LogP contribution in [0.4, 0.5) is 8.78 Å². The number of thiazole rings is 1. The van der Waals surface area contributed by atoms with Crippen molar-refractivity contribution in [3.05, 3.63) is 90.8 Å². The SMILES string of the molecule is N#CC1C(=N)n2c(s/c(=C\c3ccccc3F)c2=O)=C(C(N)=O)C1c1ccccc1F. The highest BCUT2D eigenvalue weighted by Gasteiger charge is 2.41. The van der Waals surface area contributed by atoms with Gasteiger partial charge in [0, 0.05) is 11.5 Å². The molecule has 0 aliphatic carbocycles. The van der Waals surface area contributed by atoms with Crippen molar-refractivity contribution >= 4 is 34.7 Å². The van der Waals surface area contributed by atoms with Crippen molar-refractivity contribution in [2.24, 2.45) is 11.7 Å². The van der Waals surface area contributed by atoms with Crippen molar-refractivity contribution in [3.63, 3.8) is 0 Å². The van der Waals surface area contributed by atoms with Crippen LogP contribution in [-0.4, -0.2) is 16.3 Å². The number of nitrogens with two attached hydrogens (primary N) is 1. The van der Waals surface area contributed by atoms with Gasteiger partial charge >= 0.3 is 0 Å². The number of benzene rings is 2. The molecule has 6 nitrogen and oxygen atoms in total. The number of halogens is 2. The summed E-state index contributed by atoms with van der Waals surface area (Å²) in [6.45, 7) is 0. The maximum Gasteiger partial charge on any atom is 0.274 e. The predicted molar refractivity (Wildman–Crippen MR) is 112 cm³/mol. The van der Waals surface area contributed by atoms with E-state index in [0.717, 1.165) is 15.9 Å². The van der Waals surface area contributed by atoms with Gasteiger partial charge in [-0.1, -0.05) is 36.4 Å². The van der Waals surface area contributed by atoms with Crippen LogP contribution in [0, 0.1) is 34.3 Å². The van der Waals surface area contributed by atoms with E-state index in [1.807, 2.05) is 6.07 Å². The molecule has 1 aromatic heterocycles. The summed E-state index contributed by atoms with van der Waals surface area (Å²) in [5.74, 6) is -5.02. The second-order valence-corrected chi connectivity index (χ2v) is 7.88. The highest BCUT2D eigenvalue weighted by molar-refractivity contribution is 7.07. The number of primary amides is 1. The summed E-state index contributed by atoms with van der Waals surface area (Å²) in [5, 5.41) is 18.2. The van der Waals surface area contributed by atoms with Crippen LogP contribution in [0.5, 0.6) is 0 Å². The molecule has 154 valence electrons. The molecule has 9 heteroatoms. The number of carbonyl (C=O) groups is 1. The van der Waals surface area contributed by atoms with Crippen LogP contribution in [-0.2, 0) is 4.79 Å². The Morgan fingerprint density at radius 2 is 1.81 bits per heavy atom. The Morgan fingerprint density at radius 1 is 1.16 bits per heavy atom. The zero-order valence-corrected chi connectivity index (χ0v) is 16.6. The number of nitrogens with zero attached hydrogens (tertiary/aromatic N) is 2. The van der Waals surface area contributed by atoms with Gasteiger partial charge in [0.2, 0.25) is 5.91 Å². The van der Waals surface area contributed by atoms with Crippen molar-refractivity contribution in [1.29, 1.82) is 10.7 Å². The molecule has 1 aliphatic rings. The van der Waals surface area contributed by atoms with Crippen molar-refractivity contribution in [3.8, 4) is 6.07 Å². The molecule has 3 N–H and O–H groups in total. The summed E-state index contributed by atoms with van der Waals surface area (Å²) in [6, 6.07) is 13.3. The van der Waals surface area contributed by atoms with E-state index >= 15 is 0 Å². The van der Waals surface area contributed by atoms with E-state index in [0.29, 0.717) is 0 Å². The number of hydrogen-bond acceptors (Lipinski definition) is 5. The molecule has 3 aromatic rings. The first kappa shape index (κ1) is 20.4. The molecule has 4 rings (SSSR count). The second kappa shape index (κ2) is 7.74. The van der Waals surface area contributed by atoms with E-state index in [2.05, 4.69) is 0 Å². The Bertz CT molecular complexity index is 1470. The standard InChI is InChI=1S/C22H14F2N4O2S/c23-14-7-3-1-5-11(14)9-16-21(30)28-19(26)13(10-25)17(12-6-2-4-8-15(12)24)18(20(27)29)22(28)31-16/h1-9,13,17,26H,(H2,27,29)/b16-9-,26-19?. The van der Waals surface area contributed by atoms with E-state index in [1.165, 1.54) is 42.5 Å². The number of nitrogens with one attached hydrogen (secondary N) is 1. The fourth-order valence-corrected chi connectivity index (χ4v) is 4.85. The third-order valence-corrected chi connectivity index (χ3v) is 6.18. The fourth-order valence-electron chi connectivity index (χ4n) is 3.67. The average Bonchev–Trinajstić information content (AvgIpc) is 3.05. The monoisotopic (exact) mass is 436 g/mol. The molecular formula is C22H14F2N4O2S. The van der Waals surface area contributed by atoms with E-state index < -0.39 is 40.8 Å². The molecule has 0 bridgehead atoms. The first-order valence-electron chi connectivity index (χ1n) is 9.10. The normalized spacial score (nSPS) is 18.5. The van der Waals surface area contributed by atoms with Crippen LogP contribution in [0.2, 0.25) is 0 Å². The maximum atomic E-state index is 14.6. The summed E-state index contributed by atoms with van der Waals surface area (Å²) >= 11 is 0.840. The van der Waals surface area contributed by atoms with Crippen molar-refractivity contribution in [2.75, 3.05) is 0 Å². The van der Waals surface area contributed by atoms with Crippen molar-refractivity contribution in [1.82, 2.24) is 4.57 Å². The largest absolute Gasteiger partial charge is 0.366 e. The lowest BCUT2D eigenvalue weighted by molar-refractivity contribution is -0.113. The Balaban J connectivity index is 2.11. The molecule has 0 spiro atoms. The topological polar surface area (TPSA) is 113 Å². The fraction of sp³-hybridized carbons (Fsp3) is 0.0909. The van der Waals surface area contributed by atoms with Crippen LogP contribution in [0.25, 0.3) is 11.6 Å². The van der Waals surface area contributed by atoms with E-state index in [9.17, 15) is 23.6 Å². The highest BCUT2D eigenvalue weighted by Crippen LogP contribution is 2.36. The van der Waals surface area contributed by atoms with Crippen LogP contribution in [0.3, 0.4) is 0 Å². The summed E-state index contributed by atoms with van der Waals surface area (Å²) in [7, 11) is 0. The second-order valence-electron chi connectivity index (χ2n) is 6.85. The Hall–Kier alpha value is -3.90. The van der Waals surface area contributed by atoms with Gasteiger partial charge in [-0.05, 0) is 23.8 Å². The van der Waals surface area contributed by atoms with Gasteiger partial charge in [0.1, 0.15) is 28.1 Å².